The number of hydrogen-bond donors (Lipinski definition) is 2. The highest BCUT2D eigenvalue weighted by Crippen LogP contribution is 2.16. The van der Waals surface area contributed by atoms with Gasteiger partial charge in [0.1, 0.15) is 5.75 Å². The number of amides is 1. The van der Waals surface area contributed by atoms with Gasteiger partial charge in [-0.3, -0.25) is 15.1 Å². The van der Waals surface area contributed by atoms with Crippen molar-refractivity contribution in [1.82, 2.24) is 10.3 Å². The zero-order chi connectivity index (χ0) is 14.3. The lowest BCUT2D eigenvalue weighted by Crippen LogP contribution is -2.47. The molecule has 5 heteroatoms. The second-order valence-electron chi connectivity index (χ2n) is 4.58. The van der Waals surface area contributed by atoms with Gasteiger partial charge >= 0.3 is 0 Å². The minimum absolute atomic E-state index is 0.146. The molecule has 1 atom stereocenters. The minimum atomic E-state index is -0.207. The molecule has 5 nitrogen and oxygen atoms in total. The van der Waals surface area contributed by atoms with Gasteiger partial charge in [-0.05, 0) is 31.2 Å². The Morgan fingerprint density at radius 1 is 1.53 bits per heavy atom. The number of nitrogens with one attached hydrogen (secondary N) is 1. The molecule has 0 saturated carbocycles. The maximum absolute atomic E-state index is 11.8. The Kier molecular flexibility index (Phi) is 6.32. The van der Waals surface area contributed by atoms with Crippen molar-refractivity contribution >= 4 is 5.91 Å². The number of carbonyl (C=O) groups is 1. The maximum atomic E-state index is 11.8. The van der Waals surface area contributed by atoms with Crippen LogP contribution in [0, 0.1) is 0 Å². The molecule has 0 aliphatic heterocycles. The van der Waals surface area contributed by atoms with Gasteiger partial charge in [0.05, 0.1) is 13.2 Å². The van der Waals surface area contributed by atoms with Gasteiger partial charge in [0.15, 0.2) is 0 Å². The summed E-state index contributed by atoms with van der Waals surface area (Å²) in [6.07, 6.45) is 1.71. The molecule has 1 aromatic rings. The number of methoxy groups -OCH3 is 1. The predicted molar refractivity (Wildman–Crippen MR) is 75.5 cm³/mol. The molecule has 1 amide bonds. The van der Waals surface area contributed by atoms with Crippen molar-refractivity contribution in [3.8, 4) is 5.75 Å². The number of ether oxygens (including phenoxy) is 1. The molecule has 0 heterocycles. The Morgan fingerprint density at radius 2 is 2.26 bits per heavy atom. The lowest BCUT2D eigenvalue weighted by molar-refractivity contribution is -0.126. The molecule has 106 valence electrons. The Bertz CT molecular complexity index is 409. The lowest BCUT2D eigenvalue weighted by Gasteiger charge is -2.26. The SMILES string of the molecule is CCCC(C(=O)NN)N(C)Cc1cccc(OC)c1. The molecule has 1 rings (SSSR count). The molecule has 0 saturated heterocycles. The second-order valence-corrected chi connectivity index (χ2v) is 4.58. The number of carbonyl (C=O) groups excluding carboxylic acids is 1. The minimum Gasteiger partial charge on any atom is -0.497 e. The van der Waals surface area contributed by atoms with Crippen molar-refractivity contribution in [2.24, 2.45) is 5.84 Å². The van der Waals surface area contributed by atoms with Crippen molar-refractivity contribution in [2.75, 3.05) is 14.2 Å². The van der Waals surface area contributed by atoms with E-state index in [4.69, 9.17) is 10.6 Å². The Morgan fingerprint density at radius 3 is 2.84 bits per heavy atom. The molecule has 0 radical (unpaired) electrons. The third-order valence-corrected chi connectivity index (χ3v) is 3.11. The summed E-state index contributed by atoms with van der Waals surface area (Å²) < 4.78 is 5.20. The van der Waals surface area contributed by atoms with Crippen LogP contribution in [0.5, 0.6) is 5.75 Å². The zero-order valence-electron chi connectivity index (χ0n) is 11.8. The van der Waals surface area contributed by atoms with Crippen LogP contribution in [-0.4, -0.2) is 31.0 Å². The molecule has 0 bridgehead atoms. The first-order valence-electron chi connectivity index (χ1n) is 6.46. The molecular weight excluding hydrogens is 242 g/mol. The van der Waals surface area contributed by atoms with Gasteiger partial charge in [0, 0.05) is 6.54 Å². The molecule has 19 heavy (non-hydrogen) atoms. The fourth-order valence-electron chi connectivity index (χ4n) is 2.09. The molecular formula is C14H23N3O2. The molecule has 3 N–H and O–H groups in total. The third kappa shape index (κ3) is 4.54. The summed E-state index contributed by atoms with van der Waals surface area (Å²) in [7, 11) is 3.57. The van der Waals surface area contributed by atoms with Gasteiger partial charge in [-0.15, -0.1) is 0 Å². The van der Waals surface area contributed by atoms with Crippen molar-refractivity contribution in [2.45, 2.75) is 32.4 Å². The van der Waals surface area contributed by atoms with Crippen molar-refractivity contribution in [3.63, 3.8) is 0 Å². The van der Waals surface area contributed by atoms with Gasteiger partial charge in [-0.2, -0.15) is 0 Å². The Labute approximate surface area is 114 Å². The molecule has 0 spiro atoms. The van der Waals surface area contributed by atoms with E-state index in [1.807, 2.05) is 36.2 Å². The van der Waals surface area contributed by atoms with E-state index in [0.717, 1.165) is 24.2 Å². The van der Waals surface area contributed by atoms with Crippen LogP contribution in [0.2, 0.25) is 0 Å². The van der Waals surface area contributed by atoms with E-state index in [1.165, 1.54) is 0 Å². The average molecular weight is 265 g/mol. The van der Waals surface area contributed by atoms with E-state index in [2.05, 4.69) is 12.3 Å². The van der Waals surface area contributed by atoms with Gasteiger partial charge in [-0.1, -0.05) is 25.5 Å². The quantitative estimate of drug-likeness (QED) is 0.443. The Hall–Kier alpha value is -1.59. The Balaban J connectivity index is 2.74. The summed E-state index contributed by atoms with van der Waals surface area (Å²) >= 11 is 0. The number of nitrogens with zero attached hydrogens (tertiary/aromatic N) is 1. The summed E-state index contributed by atoms with van der Waals surface area (Å²) in [5, 5.41) is 0. The van der Waals surface area contributed by atoms with E-state index < -0.39 is 0 Å². The largest absolute Gasteiger partial charge is 0.497 e. The van der Waals surface area contributed by atoms with E-state index in [-0.39, 0.29) is 11.9 Å². The maximum Gasteiger partial charge on any atom is 0.251 e. The third-order valence-electron chi connectivity index (χ3n) is 3.11. The normalized spacial score (nSPS) is 12.3. The summed E-state index contributed by atoms with van der Waals surface area (Å²) in [5.41, 5.74) is 3.34. The van der Waals surface area contributed by atoms with Gasteiger partial charge < -0.3 is 4.74 Å². The average Bonchev–Trinajstić information content (AvgIpc) is 2.44. The van der Waals surface area contributed by atoms with Crippen LogP contribution in [0.4, 0.5) is 0 Å². The number of rotatable bonds is 7. The highest BCUT2D eigenvalue weighted by Gasteiger charge is 2.21. The van der Waals surface area contributed by atoms with E-state index in [9.17, 15) is 4.79 Å². The molecule has 0 fully saturated rings. The fraction of sp³-hybridized carbons (Fsp3) is 0.500. The first-order chi connectivity index (χ1) is 9.12. The van der Waals surface area contributed by atoms with Gasteiger partial charge in [0.25, 0.3) is 5.91 Å². The molecule has 1 unspecified atom stereocenters. The lowest BCUT2D eigenvalue weighted by atomic mass is 10.1. The topological polar surface area (TPSA) is 67.6 Å². The van der Waals surface area contributed by atoms with E-state index in [0.29, 0.717) is 6.54 Å². The van der Waals surface area contributed by atoms with Crippen LogP contribution in [-0.2, 0) is 11.3 Å². The van der Waals surface area contributed by atoms with Crippen molar-refractivity contribution in [1.29, 1.82) is 0 Å². The summed E-state index contributed by atoms with van der Waals surface area (Å²) in [5.74, 6) is 5.91. The summed E-state index contributed by atoms with van der Waals surface area (Å²) in [6.45, 7) is 2.73. The number of likely N-dealkylation sites (N-methyl/N-ethyl adjacent to an activating group) is 1. The van der Waals surface area contributed by atoms with Crippen molar-refractivity contribution in [3.05, 3.63) is 29.8 Å². The molecule has 0 aliphatic carbocycles. The van der Waals surface area contributed by atoms with Crippen molar-refractivity contribution < 1.29 is 9.53 Å². The summed E-state index contributed by atoms with van der Waals surface area (Å²) in [6, 6.07) is 7.63. The standard InChI is InChI=1S/C14H23N3O2/c1-4-6-13(14(18)16-15)17(2)10-11-7-5-8-12(9-11)19-3/h5,7-9,13H,4,6,10,15H2,1-3H3,(H,16,18). The fourth-order valence-corrected chi connectivity index (χ4v) is 2.09. The molecule has 1 aromatic carbocycles. The summed E-state index contributed by atoms with van der Waals surface area (Å²) in [4.78, 5) is 13.8. The number of benzene rings is 1. The highest BCUT2D eigenvalue weighted by molar-refractivity contribution is 5.81. The van der Waals surface area contributed by atoms with E-state index in [1.54, 1.807) is 7.11 Å². The smallest absolute Gasteiger partial charge is 0.251 e. The highest BCUT2D eigenvalue weighted by atomic mass is 16.5. The van der Waals surface area contributed by atoms with Crippen LogP contribution in [0.25, 0.3) is 0 Å². The molecule has 0 aliphatic rings. The number of nitrogens with two attached hydrogens (primary N) is 1. The monoisotopic (exact) mass is 265 g/mol. The van der Waals surface area contributed by atoms with Crippen LogP contribution in [0.3, 0.4) is 0 Å². The zero-order valence-corrected chi connectivity index (χ0v) is 11.8. The van der Waals surface area contributed by atoms with Crippen LogP contribution >= 0.6 is 0 Å². The van der Waals surface area contributed by atoms with Crippen LogP contribution in [0.15, 0.2) is 24.3 Å². The van der Waals surface area contributed by atoms with Gasteiger partial charge in [0.2, 0.25) is 0 Å². The van der Waals surface area contributed by atoms with Gasteiger partial charge in [-0.25, -0.2) is 5.84 Å². The van der Waals surface area contributed by atoms with E-state index >= 15 is 0 Å². The second kappa shape index (κ2) is 7.76. The predicted octanol–water partition coefficient (Wildman–Crippen LogP) is 1.29. The van der Waals surface area contributed by atoms with Crippen LogP contribution in [0.1, 0.15) is 25.3 Å². The van der Waals surface area contributed by atoms with Crippen LogP contribution < -0.4 is 16.0 Å². The molecule has 0 aromatic heterocycles. The number of hydrogen-bond acceptors (Lipinski definition) is 4. The number of hydrazine groups is 1. The first-order valence-corrected chi connectivity index (χ1v) is 6.46. The first kappa shape index (κ1) is 15.5.